The zero-order valence-electron chi connectivity index (χ0n) is 12.0. The molecule has 0 aromatic heterocycles. The summed E-state index contributed by atoms with van der Waals surface area (Å²) in [6.45, 7) is 4.94. The molecule has 0 aliphatic rings. The van der Waals surface area contributed by atoms with Gasteiger partial charge in [-0.2, -0.15) is 13.2 Å². The zero-order chi connectivity index (χ0) is 16.2. The highest BCUT2D eigenvalue weighted by Gasteiger charge is 2.35. The summed E-state index contributed by atoms with van der Waals surface area (Å²) in [5.41, 5.74) is -0.948. The first-order chi connectivity index (χ1) is 9.62. The average molecular weight is 301 g/mol. The third kappa shape index (κ3) is 4.77. The van der Waals surface area contributed by atoms with Gasteiger partial charge in [0.25, 0.3) is 0 Å². The molecule has 0 aliphatic heterocycles. The van der Waals surface area contributed by atoms with Gasteiger partial charge in [0.05, 0.1) is 11.5 Å². The molecule has 0 radical (unpaired) electrons. The maximum absolute atomic E-state index is 12.9. The molecule has 0 bridgehead atoms. The highest BCUT2D eigenvalue weighted by molar-refractivity contribution is 5.98. The number of alkyl halides is 3. The Bertz CT molecular complexity index is 526. The average Bonchev–Trinajstić information content (AvgIpc) is 2.35. The Kier molecular flexibility index (Phi) is 5.34. The van der Waals surface area contributed by atoms with Crippen molar-refractivity contribution in [2.24, 2.45) is 0 Å². The number of guanidine groups is 1. The summed E-state index contributed by atoms with van der Waals surface area (Å²) in [6.07, 6.45) is -4.52. The second-order valence-electron chi connectivity index (χ2n) is 4.97. The lowest BCUT2D eigenvalue weighted by Gasteiger charge is -2.19. The molecular formula is C14H18F3N3O. The molecule has 116 valence electrons. The van der Waals surface area contributed by atoms with Crippen molar-refractivity contribution in [3.8, 4) is 0 Å². The van der Waals surface area contributed by atoms with Gasteiger partial charge < -0.3 is 5.32 Å². The molecule has 0 saturated heterocycles. The van der Waals surface area contributed by atoms with Crippen LogP contribution in [-0.2, 0) is 11.0 Å². The first-order valence-electron chi connectivity index (χ1n) is 6.45. The molecule has 1 aromatic rings. The van der Waals surface area contributed by atoms with Crippen LogP contribution in [0.25, 0.3) is 0 Å². The van der Waals surface area contributed by atoms with E-state index in [1.165, 1.54) is 25.1 Å². The SMILES string of the molecule is CC(C)NC(=N)NC(=O)C(C)c1ccccc1C(F)(F)F. The van der Waals surface area contributed by atoms with Gasteiger partial charge in [0.1, 0.15) is 0 Å². The quantitative estimate of drug-likeness (QED) is 0.594. The summed E-state index contributed by atoms with van der Waals surface area (Å²) in [7, 11) is 0. The van der Waals surface area contributed by atoms with E-state index in [9.17, 15) is 18.0 Å². The highest BCUT2D eigenvalue weighted by Crippen LogP contribution is 2.35. The zero-order valence-corrected chi connectivity index (χ0v) is 12.0. The van der Waals surface area contributed by atoms with Gasteiger partial charge in [0.2, 0.25) is 5.91 Å². The molecule has 1 atom stereocenters. The smallest absolute Gasteiger partial charge is 0.354 e. The fourth-order valence-corrected chi connectivity index (χ4v) is 1.83. The number of halogens is 3. The van der Waals surface area contributed by atoms with Crippen LogP contribution in [0.15, 0.2) is 24.3 Å². The Morgan fingerprint density at radius 3 is 2.29 bits per heavy atom. The van der Waals surface area contributed by atoms with E-state index in [0.717, 1.165) is 6.07 Å². The molecular weight excluding hydrogens is 283 g/mol. The monoisotopic (exact) mass is 301 g/mol. The van der Waals surface area contributed by atoms with Crippen LogP contribution in [0.4, 0.5) is 13.2 Å². The molecule has 0 spiro atoms. The van der Waals surface area contributed by atoms with E-state index in [1.807, 2.05) is 0 Å². The predicted octanol–water partition coefficient (Wildman–Crippen LogP) is 2.86. The van der Waals surface area contributed by atoms with Crippen molar-refractivity contribution < 1.29 is 18.0 Å². The molecule has 0 aliphatic carbocycles. The van der Waals surface area contributed by atoms with Gasteiger partial charge in [-0.25, -0.2) is 0 Å². The lowest BCUT2D eigenvalue weighted by Crippen LogP contribution is -2.44. The molecule has 7 heteroatoms. The second-order valence-corrected chi connectivity index (χ2v) is 4.97. The normalized spacial score (nSPS) is 12.9. The van der Waals surface area contributed by atoms with E-state index in [1.54, 1.807) is 13.8 Å². The Morgan fingerprint density at radius 2 is 1.76 bits per heavy atom. The van der Waals surface area contributed by atoms with Crippen molar-refractivity contribution in [3.63, 3.8) is 0 Å². The molecule has 0 saturated carbocycles. The largest absolute Gasteiger partial charge is 0.416 e. The lowest BCUT2D eigenvalue weighted by atomic mass is 9.94. The van der Waals surface area contributed by atoms with Crippen molar-refractivity contribution in [3.05, 3.63) is 35.4 Å². The maximum Gasteiger partial charge on any atom is 0.416 e. The molecule has 3 N–H and O–H groups in total. The van der Waals surface area contributed by atoms with Gasteiger partial charge in [-0.15, -0.1) is 0 Å². The summed E-state index contributed by atoms with van der Waals surface area (Å²) in [5, 5.41) is 12.4. The number of amides is 1. The number of benzene rings is 1. The topological polar surface area (TPSA) is 65.0 Å². The fraction of sp³-hybridized carbons (Fsp3) is 0.429. The number of carbonyl (C=O) groups is 1. The highest BCUT2D eigenvalue weighted by atomic mass is 19.4. The Balaban J connectivity index is 2.91. The van der Waals surface area contributed by atoms with Crippen LogP contribution < -0.4 is 10.6 Å². The summed E-state index contributed by atoms with van der Waals surface area (Å²) in [5.74, 6) is -1.91. The Labute approximate surface area is 121 Å². The van der Waals surface area contributed by atoms with E-state index < -0.39 is 23.6 Å². The Hall–Kier alpha value is -2.05. The number of rotatable bonds is 3. The van der Waals surface area contributed by atoms with Crippen LogP contribution >= 0.6 is 0 Å². The van der Waals surface area contributed by atoms with E-state index in [4.69, 9.17) is 5.41 Å². The van der Waals surface area contributed by atoms with Crippen LogP contribution in [0.2, 0.25) is 0 Å². The molecule has 1 unspecified atom stereocenters. The second kappa shape index (κ2) is 6.60. The minimum Gasteiger partial charge on any atom is -0.354 e. The van der Waals surface area contributed by atoms with E-state index in [-0.39, 0.29) is 17.6 Å². The van der Waals surface area contributed by atoms with E-state index in [2.05, 4.69) is 10.6 Å². The number of carbonyl (C=O) groups excluding carboxylic acids is 1. The van der Waals surface area contributed by atoms with Crippen LogP contribution in [-0.4, -0.2) is 17.9 Å². The third-order valence-corrected chi connectivity index (χ3v) is 2.81. The molecule has 0 fully saturated rings. The first kappa shape index (κ1) is 17.0. The minimum atomic E-state index is -4.52. The maximum atomic E-state index is 12.9. The molecule has 0 heterocycles. The van der Waals surface area contributed by atoms with Crippen LogP contribution in [0, 0.1) is 5.41 Å². The van der Waals surface area contributed by atoms with Gasteiger partial charge >= 0.3 is 6.18 Å². The van der Waals surface area contributed by atoms with Gasteiger partial charge in [-0.1, -0.05) is 18.2 Å². The summed E-state index contributed by atoms with van der Waals surface area (Å²) in [6, 6.07) is 4.88. The van der Waals surface area contributed by atoms with Crippen molar-refractivity contribution in [2.45, 2.75) is 38.9 Å². The van der Waals surface area contributed by atoms with E-state index in [0.29, 0.717) is 0 Å². The molecule has 1 amide bonds. The van der Waals surface area contributed by atoms with Crippen LogP contribution in [0.3, 0.4) is 0 Å². The van der Waals surface area contributed by atoms with Crippen LogP contribution in [0.5, 0.6) is 0 Å². The van der Waals surface area contributed by atoms with Crippen LogP contribution in [0.1, 0.15) is 37.8 Å². The van der Waals surface area contributed by atoms with E-state index >= 15 is 0 Å². The predicted molar refractivity (Wildman–Crippen MR) is 74.0 cm³/mol. The number of hydrogen-bond acceptors (Lipinski definition) is 2. The molecule has 1 aromatic carbocycles. The van der Waals surface area contributed by atoms with Crippen molar-refractivity contribution in [2.75, 3.05) is 0 Å². The molecule has 1 rings (SSSR count). The fourth-order valence-electron chi connectivity index (χ4n) is 1.83. The Morgan fingerprint density at radius 1 is 1.19 bits per heavy atom. The molecule has 4 nitrogen and oxygen atoms in total. The summed E-state index contributed by atoms with van der Waals surface area (Å²) < 4.78 is 38.8. The third-order valence-electron chi connectivity index (χ3n) is 2.81. The van der Waals surface area contributed by atoms with Gasteiger partial charge in [0, 0.05) is 6.04 Å². The van der Waals surface area contributed by atoms with Crippen molar-refractivity contribution in [1.82, 2.24) is 10.6 Å². The van der Waals surface area contributed by atoms with Crippen molar-refractivity contribution in [1.29, 1.82) is 5.41 Å². The summed E-state index contributed by atoms with van der Waals surface area (Å²) >= 11 is 0. The number of hydrogen-bond donors (Lipinski definition) is 3. The van der Waals surface area contributed by atoms with Gasteiger partial charge in [0.15, 0.2) is 5.96 Å². The first-order valence-corrected chi connectivity index (χ1v) is 6.45. The number of nitrogens with one attached hydrogen (secondary N) is 3. The van der Waals surface area contributed by atoms with Gasteiger partial charge in [-0.05, 0) is 32.4 Å². The van der Waals surface area contributed by atoms with Gasteiger partial charge in [-0.3, -0.25) is 15.5 Å². The lowest BCUT2D eigenvalue weighted by molar-refractivity contribution is -0.138. The molecule has 21 heavy (non-hydrogen) atoms. The standard InChI is InChI=1S/C14H18F3N3O/c1-8(2)19-13(18)20-12(21)9(3)10-6-4-5-7-11(10)14(15,16)17/h4-9H,1-3H3,(H3,18,19,20,21). The summed E-state index contributed by atoms with van der Waals surface area (Å²) in [4.78, 5) is 12.0. The van der Waals surface area contributed by atoms with Crippen molar-refractivity contribution >= 4 is 11.9 Å². The minimum absolute atomic E-state index is 0.0597.